The Hall–Kier alpha value is -3.30. The van der Waals surface area contributed by atoms with Crippen molar-refractivity contribution in [1.82, 2.24) is 15.4 Å². The van der Waals surface area contributed by atoms with Gasteiger partial charge < -0.3 is 25.4 Å². The molecule has 1 aromatic carbocycles. The minimum Gasteiger partial charge on any atom is -0.471 e. The average Bonchev–Trinajstić information content (AvgIpc) is 3.19. The molecule has 32 heavy (non-hydrogen) atoms. The third kappa shape index (κ3) is 5.68. The van der Waals surface area contributed by atoms with Crippen LogP contribution in [0.1, 0.15) is 36.2 Å². The molecule has 0 aliphatic carbocycles. The van der Waals surface area contributed by atoms with E-state index in [9.17, 15) is 15.0 Å². The Bertz CT molecular complexity index is 1020. The number of hydroxylamine groups is 1. The maximum absolute atomic E-state index is 12.8. The molecule has 1 fully saturated rings. The number of carbonyl (C=O) groups excluding carboxylic acids is 1. The van der Waals surface area contributed by atoms with Crippen LogP contribution in [-0.4, -0.2) is 63.7 Å². The van der Waals surface area contributed by atoms with Crippen molar-refractivity contribution in [2.45, 2.75) is 38.1 Å². The quantitative estimate of drug-likeness (QED) is 0.422. The van der Waals surface area contributed by atoms with Crippen LogP contribution in [0.3, 0.4) is 0 Å². The van der Waals surface area contributed by atoms with Crippen LogP contribution in [-0.2, 0) is 9.57 Å². The van der Waals surface area contributed by atoms with Crippen molar-refractivity contribution < 1.29 is 29.3 Å². The molecule has 2 heterocycles. The number of nitrogens with zero attached hydrogens (tertiary/aromatic N) is 3. The molecule has 2 aromatic rings. The second kappa shape index (κ2) is 9.88. The van der Waals surface area contributed by atoms with Crippen LogP contribution in [0.4, 0.5) is 5.82 Å². The highest BCUT2D eigenvalue weighted by Gasteiger charge is 2.32. The van der Waals surface area contributed by atoms with Crippen LogP contribution in [0, 0.1) is 11.3 Å². The van der Waals surface area contributed by atoms with Crippen molar-refractivity contribution in [2.75, 3.05) is 25.6 Å². The number of aliphatic hydroxyl groups excluding tert-OH is 1. The van der Waals surface area contributed by atoms with Crippen LogP contribution in [0.2, 0.25) is 0 Å². The number of hydrogen-bond acceptors (Lipinski definition) is 10. The molecule has 3 rings (SSSR count). The molecule has 0 saturated carbocycles. The number of anilines is 1. The summed E-state index contributed by atoms with van der Waals surface area (Å²) in [7, 11) is 0. The molecule has 1 saturated heterocycles. The molecule has 11 heteroatoms. The van der Waals surface area contributed by atoms with Crippen molar-refractivity contribution >= 4 is 11.7 Å². The van der Waals surface area contributed by atoms with Gasteiger partial charge in [0, 0.05) is 12.0 Å². The summed E-state index contributed by atoms with van der Waals surface area (Å²) in [6.45, 7) is 2.98. The largest absolute Gasteiger partial charge is 0.471 e. The third-order valence-electron chi connectivity index (χ3n) is 4.56. The lowest BCUT2D eigenvalue weighted by molar-refractivity contribution is -0.0523. The van der Waals surface area contributed by atoms with E-state index in [-0.39, 0.29) is 36.3 Å². The lowest BCUT2D eigenvalue weighted by atomic mass is 10.1. The minimum absolute atomic E-state index is 0.117. The number of benzene rings is 1. The van der Waals surface area contributed by atoms with Gasteiger partial charge in [-0.15, -0.1) is 0 Å². The van der Waals surface area contributed by atoms with Crippen molar-refractivity contribution in [3.8, 4) is 23.3 Å². The van der Waals surface area contributed by atoms with E-state index in [0.29, 0.717) is 24.2 Å². The summed E-state index contributed by atoms with van der Waals surface area (Å²) in [5.74, 6) is -0.897. The van der Waals surface area contributed by atoms with Crippen molar-refractivity contribution in [2.24, 2.45) is 0 Å². The Morgan fingerprint density at radius 1 is 1.44 bits per heavy atom. The molecule has 1 aliphatic rings. The normalized spacial score (nSPS) is 18.2. The molecule has 1 aromatic heterocycles. The third-order valence-corrected chi connectivity index (χ3v) is 4.56. The monoisotopic (exact) mass is 443 g/mol. The summed E-state index contributed by atoms with van der Waals surface area (Å²) in [6, 6.07) is 8.62. The van der Waals surface area contributed by atoms with E-state index < -0.39 is 23.7 Å². The first-order chi connectivity index (χ1) is 15.2. The average molecular weight is 443 g/mol. The van der Waals surface area contributed by atoms with Gasteiger partial charge in [-0.05, 0) is 26.0 Å². The number of nitrogens with one attached hydrogen (secondary N) is 1. The van der Waals surface area contributed by atoms with E-state index in [2.05, 4.69) is 15.4 Å². The Morgan fingerprint density at radius 3 is 2.91 bits per heavy atom. The highest BCUT2D eigenvalue weighted by atomic mass is 16.7. The summed E-state index contributed by atoms with van der Waals surface area (Å²) < 4.78 is 11.4. The van der Waals surface area contributed by atoms with Crippen LogP contribution in [0.5, 0.6) is 5.88 Å². The number of aromatic nitrogens is 2. The van der Waals surface area contributed by atoms with Gasteiger partial charge in [0.2, 0.25) is 5.88 Å². The van der Waals surface area contributed by atoms with Gasteiger partial charge in [-0.25, -0.2) is 10.5 Å². The van der Waals surface area contributed by atoms with Crippen molar-refractivity contribution in [1.29, 1.82) is 5.26 Å². The van der Waals surface area contributed by atoms with Crippen LogP contribution in [0.25, 0.3) is 11.4 Å². The van der Waals surface area contributed by atoms with Gasteiger partial charge in [-0.2, -0.15) is 10.2 Å². The predicted molar refractivity (Wildman–Crippen MR) is 112 cm³/mol. The Labute approximate surface area is 184 Å². The number of ether oxygens (including phenoxy) is 2. The van der Waals surface area contributed by atoms with Gasteiger partial charge in [0.1, 0.15) is 30.2 Å². The highest BCUT2D eigenvalue weighted by Crippen LogP contribution is 2.29. The molecule has 0 bridgehead atoms. The summed E-state index contributed by atoms with van der Waals surface area (Å²) in [5.41, 5.74) is 7.87. The molecule has 170 valence electrons. The molecular weight excluding hydrogens is 418 g/mol. The first-order valence-electron chi connectivity index (χ1n) is 9.93. The number of nitrogens with two attached hydrogens (primary N) is 1. The van der Waals surface area contributed by atoms with E-state index in [1.165, 1.54) is 13.8 Å². The second-order valence-electron chi connectivity index (χ2n) is 7.87. The van der Waals surface area contributed by atoms with Gasteiger partial charge in [0.25, 0.3) is 5.91 Å². The topological polar surface area (TPSA) is 173 Å². The Balaban J connectivity index is 1.97. The first-order valence-corrected chi connectivity index (χ1v) is 9.93. The fraction of sp³-hybridized carbons (Fsp3) is 0.429. The summed E-state index contributed by atoms with van der Waals surface area (Å²) in [4.78, 5) is 26.4. The van der Waals surface area contributed by atoms with Crippen LogP contribution >= 0.6 is 0 Å². The number of nitriles is 1. The molecule has 0 unspecified atom stereocenters. The standard InChI is InChI=1S/C21H25N5O6/c1-21(2,29)11-31-26-19(28)16-17(23)24-18(13-5-3-4-12(8-13)9-22)25-20(16)32-14-6-7-30-15(14)10-27/h3-5,8,14-15,27,29H,6-7,10-11H2,1-2H3,(H,26,28)(H2,23,24,25)/t14-,15+/m1/s1. The molecule has 0 spiro atoms. The molecular formula is C21H25N5O6. The minimum atomic E-state index is -1.17. The number of nitrogen functional groups attached to an aromatic ring is 1. The molecule has 1 amide bonds. The van der Waals surface area contributed by atoms with E-state index >= 15 is 0 Å². The van der Waals surface area contributed by atoms with Gasteiger partial charge in [-0.3, -0.25) is 9.63 Å². The summed E-state index contributed by atoms with van der Waals surface area (Å²) >= 11 is 0. The fourth-order valence-corrected chi connectivity index (χ4v) is 3.02. The van der Waals surface area contributed by atoms with Gasteiger partial charge in [-0.1, -0.05) is 12.1 Å². The molecule has 5 N–H and O–H groups in total. The van der Waals surface area contributed by atoms with E-state index in [1.807, 2.05) is 6.07 Å². The first kappa shape index (κ1) is 23.4. The molecule has 11 nitrogen and oxygen atoms in total. The van der Waals surface area contributed by atoms with Crippen molar-refractivity contribution in [3.63, 3.8) is 0 Å². The zero-order chi connectivity index (χ0) is 23.3. The predicted octanol–water partition coefficient (Wildman–Crippen LogP) is 0.558. The van der Waals surface area contributed by atoms with E-state index in [0.717, 1.165) is 0 Å². The number of rotatable bonds is 8. The Kier molecular flexibility index (Phi) is 7.22. The molecule has 2 atom stereocenters. The molecule has 1 aliphatic heterocycles. The molecule has 0 radical (unpaired) electrons. The SMILES string of the molecule is CC(C)(O)CONC(=O)c1c(N)nc(-c2cccc(C#N)c2)nc1O[C@@H]1CCO[C@H]1CO. The number of aliphatic hydroxyl groups is 2. The fourth-order valence-electron chi connectivity index (χ4n) is 3.02. The number of carbonyl (C=O) groups is 1. The van der Waals surface area contributed by atoms with Crippen molar-refractivity contribution in [3.05, 3.63) is 35.4 Å². The maximum Gasteiger partial charge on any atom is 0.284 e. The second-order valence-corrected chi connectivity index (χ2v) is 7.87. The van der Waals surface area contributed by atoms with E-state index in [4.69, 9.17) is 25.3 Å². The van der Waals surface area contributed by atoms with Gasteiger partial charge >= 0.3 is 0 Å². The lowest BCUT2D eigenvalue weighted by Crippen LogP contribution is -2.35. The zero-order valence-electron chi connectivity index (χ0n) is 17.7. The van der Waals surface area contributed by atoms with Crippen LogP contribution in [0.15, 0.2) is 24.3 Å². The lowest BCUT2D eigenvalue weighted by Gasteiger charge is -2.21. The van der Waals surface area contributed by atoms with Gasteiger partial charge in [0.05, 0.1) is 30.4 Å². The smallest absolute Gasteiger partial charge is 0.284 e. The zero-order valence-corrected chi connectivity index (χ0v) is 17.7. The Morgan fingerprint density at radius 2 is 2.22 bits per heavy atom. The number of amides is 1. The summed E-state index contributed by atoms with van der Waals surface area (Å²) in [5, 5.41) is 28.4. The maximum atomic E-state index is 12.8. The van der Waals surface area contributed by atoms with E-state index in [1.54, 1.807) is 24.3 Å². The highest BCUT2D eigenvalue weighted by molar-refractivity contribution is 6.00. The van der Waals surface area contributed by atoms with Crippen LogP contribution < -0.4 is 16.0 Å². The number of hydrogen-bond donors (Lipinski definition) is 4. The summed E-state index contributed by atoms with van der Waals surface area (Å²) in [6.07, 6.45) is -0.666. The van der Waals surface area contributed by atoms with Gasteiger partial charge in [0.15, 0.2) is 5.82 Å².